The normalized spacial score (nSPS) is 11.9. The van der Waals surface area contributed by atoms with Crippen molar-refractivity contribution in [3.63, 3.8) is 0 Å². The third kappa shape index (κ3) is 6.15. The largest absolute Gasteiger partial charge is 0.307 e. The Hall–Kier alpha value is -8.86. The Morgan fingerprint density at radius 3 is 1.55 bits per heavy atom. The summed E-state index contributed by atoms with van der Waals surface area (Å²) in [6, 6.07) is 87.2. The van der Waals surface area contributed by atoms with Gasteiger partial charge in [-0.2, -0.15) is 0 Å². The molecule has 4 nitrogen and oxygen atoms in total. The maximum absolute atomic E-state index is 5.58. The van der Waals surface area contributed by atoms with Gasteiger partial charge in [-0.05, 0) is 99.1 Å². The molecule has 13 rings (SSSR count). The summed E-state index contributed by atoms with van der Waals surface area (Å²) in [6.45, 7) is 0. The molecule has 0 fully saturated rings. The first-order valence-corrected chi connectivity index (χ1v) is 22.5. The standard InChI is InChI=1S/C62H40N4/c1-5-19-41(20-6-1)45-37-46(42-21-7-2-8-22-42)39-47(38-45)44-33-36-58-55(40-44)53-35-34-52-50-28-14-13-27-49(50)51-29-16-18-32-57(51)65(48-25-11-4-12-26-48)60(52)61(53)66(58)62-63-56-31-17-15-30-54(56)59(64-62)43-23-9-3-10-24-43/h1-40H. The monoisotopic (exact) mass is 840 g/mol. The van der Waals surface area contributed by atoms with Crippen LogP contribution in [0, 0.1) is 0 Å². The Labute approximate surface area is 383 Å². The van der Waals surface area contributed by atoms with E-state index in [1.54, 1.807) is 0 Å². The number of fused-ring (bicyclic) bond motifs is 10. The van der Waals surface area contributed by atoms with Crippen LogP contribution in [0.1, 0.15) is 0 Å². The minimum Gasteiger partial charge on any atom is -0.307 e. The van der Waals surface area contributed by atoms with Crippen LogP contribution in [-0.4, -0.2) is 14.5 Å². The Morgan fingerprint density at radius 1 is 0.318 bits per heavy atom. The molecule has 0 bridgehead atoms. The minimum absolute atomic E-state index is 0.616. The fraction of sp³-hybridized carbons (Fsp3) is 0. The number of rotatable bonds is 6. The molecule has 308 valence electrons. The van der Waals surface area contributed by atoms with Crippen molar-refractivity contribution in [1.82, 2.24) is 14.5 Å². The molecular formula is C62H40N4. The van der Waals surface area contributed by atoms with Crippen molar-refractivity contribution in [1.29, 1.82) is 0 Å². The molecular weight excluding hydrogens is 801 g/mol. The number of hydrogen-bond donors (Lipinski definition) is 0. The molecule has 4 heteroatoms. The molecule has 1 aliphatic rings. The van der Waals surface area contributed by atoms with Crippen LogP contribution in [-0.2, 0) is 0 Å². The van der Waals surface area contributed by atoms with E-state index in [1.807, 2.05) is 0 Å². The smallest absolute Gasteiger partial charge is 0.235 e. The highest BCUT2D eigenvalue weighted by molar-refractivity contribution is 6.20. The van der Waals surface area contributed by atoms with Crippen LogP contribution < -0.4 is 4.90 Å². The molecule has 10 aromatic carbocycles. The van der Waals surface area contributed by atoms with Gasteiger partial charge < -0.3 is 4.90 Å². The van der Waals surface area contributed by atoms with Crippen molar-refractivity contribution < 1.29 is 0 Å². The van der Waals surface area contributed by atoms with Gasteiger partial charge in [0.05, 0.1) is 33.6 Å². The second kappa shape index (κ2) is 15.4. The molecule has 0 saturated carbocycles. The second-order valence-electron chi connectivity index (χ2n) is 16.9. The van der Waals surface area contributed by atoms with Crippen molar-refractivity contribution >= 4 is 49.8 Å². The van der Waals surface area contributed by atoms with Crippen molar-refractivity contribution in [3.05, 3.63) is 243 Å². The zero-order valence-corrected chi connectivity index (χ0v) is 35.9. The highest BCUT2D eigenvalue weighted by Gasteiger charge is 2.31. The number of benzene rings is 10. The van der Waals surface area contributed by atoms with Crippen LogP contribution >= 0.6 is 0 Å². The Morgan fingerprint density at radius 2 is 0.864 bits per heavy atom. The quantitative estimate of drug-likeness (QED) is 0.167. The third-order valence-corrected chi connectivity index (χ3v) is 13.1. The lowest BCUT2D eigenvalue weighted by Crippen LogP contribution is -2.13. The van der Waals surface area contributed by atoms with Crippen LogP contribution in [0.2, 0.25) is 0 Å². The zero-order chi connectivity index (χ0) is 43.6. The number of hydrogen-bond acceptors (Lipinski definition) is 3. The van der Waals surface area contributed by atoms with Gasteiger partial charge in [0.25, 0.3) is 0 Å². The topological polar surface area (TPSA) is 34.0 Å². The van der Waals surface area contributed by atoms with Gasteiger partial charge in [-0.1, -0.05) is 188 Å². The average Bonchev–Trinajstić information content (AvgIpc) is 3.67. The average molecular weight is 841 g/mol. The zero-order valence-electron chi connectivity index (χ0n) is 35.9. The molecule has 66 heavy (non-hydrogen) atoms. The summed E-state index contributed by atoms with van der Waals surface area (Å²) in [4.78, 5) is 13.5. The van der Waals surface area contributed by atoms with E-state index >= 15 is 0 Å². The summed E-state index contributed by atoms with van der Waals surface area (Å²) >= 11 is 0. The van der Waals surface area contributed by atoms with E-state index in [4.69, 9.17) is 9.97 Å². The van der Waals surface area contributed by atoms with Crippen LogP contribution in [0.15, 0.2) is 243 Å². The molecule has 1 aliphatic heterocycles. The Kier molecular flexibility index (Phi) is 8.81. The van der Waals surface area contributed by atoms with Crippen LogP contribution in [0.25, 0.3) is 106 Å². The first-order chi connectivity index (χ1) is 32.7. The van der Waals surface area contributed by atoms with E-state index in [9.17, 15) is 0 Å². The van der Waals surface area contributed by atoms with E-state index < -0.39 is 0 Å². The van der Waals surface area contributed by atoms with Crippen molar-refractivity contribution in [3.8, 4) is 72.8 Å². The molecule has 0 aliphatic carbocycles. The summed E-state index contributed by atoms with van der Waals surface area (Å²) in [5.41, 5.74) is 19.8. The molecule has 3 heterocycles. The number of anilines is 3. The van der Waals surface area contributed by atoms with Crippen molar-refractivity contribution in [2.45, 2.75) is 0 Å². The lowest BCUT2D eigenvalue weighted by Gasteiger charge is -2.28. The minimum atomic E-state index is 0.616. The predicted octanol–water partition coefficient (Wildman–Crippen LogP) is 16.5. The maximum Gasteiger partial charge on any atom is 0.235 e. The van der Waals surface area contributed by atoms with Crippen LogP contribution in [0.4, 0.5) is 17.1 Å². The maximum atomic E-state index is 5.58. The van der Waals surface area contributed by atoms with E-state index in [0.717, 1.165) is 77.7 Å². The van der Waals surface area contributed by atoms with Crippen molar-refractivity contribution in [2.24, 2.45) is 0 Å². The number of aromatic nitrogens is 3. The predicted molar refractivity (Wildman–Crippen MR) is 275 cm³/mol. The second-order valence-corrected chi connectivity index (χ2v) is 16.9. The molecule has 0 N–H and O–H groups in total. The highest BCUT2D eigenvalue weighted by atomic mass is 15.2. The van der Waals surface area contributed by atoms with Gasteiger partial charge in [-0.3, -0.25) is 4.57 Å². The van der Waals surface area contributed by atoms with E-state index in [1.165, 1.54) is 38.9 Å². The molecule has 2 aromatic heterocycles. The molecule has 0 amide bonds. The van der Waals surface area contributed by atoms with E-state index in [-0.39, 0.29) is 0 Å². The number of nitrogens with zero attached hydrogens (tertiary/aromatic N) is 4. The summed E-state index contributed by atoms with van der Waals surface area (Å²) in [5.74, 6) is 0.616. The van der Waals surface area contributed by atoms with Crippen molar-refractivity contribution in [2.75, 3.05) is 4.90 Å². The first-order valence-electron chi connectivity index (χ1n) is 22.5. The van der Waals surface area contributed by atoms with Gasteiger partial charge in [-0.15, -0.1) is 0 Å². The lowest BCUT2D eigenvalue weighted by atomic mass is 9.92. The molecule has 0 radical (unpaired) electrons. The highest BCUT2D eigenvalue weighted by Crippen LogP contribution is 2.54. The van der Waals surface area contributed by atoms with Gasteiger partial charge in [-0.25, -0.2) is 9.97 Å². The fourth-order valence-electron chi connectivity index (χ4n) is 10.1. The number of para-hydroxylation sites is 3. The van der Waals surface area contributed by atoms with Crippen LogP contribution in [0.3, 0.4) is 0 Å². The first kappa shape index (κ1) is 37.7. The summed E-state index contributed by atoms with van der Waals surface area (Å²) in [7, 11) is 0. The third-order valence-electron chi connectivity index (χ3n) is 13.1. The summed E-state index contributed by atoms with van der Waals surface area (Å²) < 4.78 is 2.33. The van der Waals surface area contributed by atoms with E-state index in [0.29, 0.717) is 5.95 Å². The molecule has 12 aromatic rings. The van der Waals surface area contributed by atoms with Crippen LogP contribution in [0.5, 0.6) is 0 Å². The summed E-state index contributed by atoms with van der Waals surface area (Å²) in [6.07, 6.45) is 0. The molecule has 0 unspecified atom stereocenters. The molecule has 0 atom stereocenters. The summed E-state index contributed by atoms with van der Waals surface area (Å²) in [5, 5.41) is 3.24. The fourth-order valence-corrected chi connectivity index (χ4v) is 10.1. The SMILES string of the molecule is c1ccc(-c2cc(-c3ccccc3)cc(-c3ccc4c(c3)c3ccc5c(c3n4-c3nc(-c4ccccc4)c4ccccc4n3)N(c3ccccc3)c3ccccc3-c3ccccc3-5)c2)cc1. The Bertz CT molecular complexity index is 3750. The van der Waals surface area contributed by atoms with E-state index in [2.05, 4.69) is 252 Å². The van der Waals surface area contributed by atoms with Gasteiger partial charge in [0.2, 0.25) is 5.95 Å². The lowest BCUT2D eigenvalue weighted by molar-refractivity contribution is 1.01. The van der Waals surface area contributed by atoms with Gasteiger partial charge in [0.15, 0.2) is 0 Å². The van der Waals surface area contributed by atoms with Gasteiger partial charge >= 0.3 is 0 Å². The molecule has 0 saturated heterocycles. The molecule has 0 spiro atoms. The van der Waals surface area contributed by atoms with Gasteiger partial charge in [0.1, 0.15) is 0 Å². The van der Waals surface area contributed by atoms with Gasteiger partial charge in [0, 0.05) is 38.5 Å². The Balaban J connectivity index is 1.16.